The van der Waals surface area contributed by atoms with Crippen molar-refractivity contribution < 1.29 is 18.7 Å². The number of benzene rings is 1. The second kappa shape index (κ2) is 10.4. The lowest BCUT2D eigenvalue weighted by Gasteiger charge is -2.24. The second-order valence-corrected chi connectivity index (χ2v) is 7.50. The van der Waals surface area contributed by atoms with Gasteiger partial charge < -0.3 is 10.0 Å². The Balaban J connectivity index is 1.45. The maximum atomic E-state index is 14.4. The topological polar surface area (TPSA) is 95.0 Å². The number of aromatic amines is 1. The summed E-state index contributed by atoms with van der Waals surface area (Å²) in [4.78, 5) is 13.9. The number of nitrogens with zero attached hydrogens (tertiary/aromatic N) is 4. The number of tetrazole rings is 1. The molecule has 1 aliphatic rings. The quantitative estimate of drug-likeness (QED) is 0.431. The van der Waals surface area contributed by atoms with Gasteiger partial charge in [0.2, 0.25) is 5.91 Å². The molecule has 2 aromatic rings. The number of hydrogen-bond acceptors (Lipinski definition) is 5. The predicted octanol–water partition coefficient (Wildman–Crippen LogP) is 3.00. The van der Waals surface area contributed by atoms with Crippen molar-refractivity contribution in [2.24, 2.45) is 0 Å². The van der Waals surface area contributed by atoms with Crippen LogP contribution in [-0.4, -0.2) is 55.2 Å². The lowest BCUT2D eigenvalue weighted by atomic mass is 10.0. The van der Waals surface area contributed by atoms with Crippen LogP contribution in [0.1, 0.15) is 49.9 Å². The zero-order valence-corrected chi connectivity index (χ0v) is 16.8. The van der Waals surface area contributed by atoms with E-state index in [-0.39, 0.29) is 17.5 Å². The van der Waals surface area contributed by atoms with E-state index >= 15 is 0 Å². The molecule has 1 aromatic heterocycles. The molecule has 1 amide bonds. The lowest BCUT2D eigenvalue weighted by molar-refractivity contribution is -0.128. The first-order chi connectivity index (χ1) is 14.5. The summed E-state index contributed by atoms with van der Waals surface area (Å²) in [7, 11) is 0. The third kappa shape index (κ3) is 5.69. The highest BCUT2D eigenvalue weighted by molar-refractivity contribution is 5.79. The third-order valence-electron chi connectivity index (χ3n) is 5.36. The minimum atomic E-state index is -3.39. The number of rotatable bonds is 11. The number of aryl methyl sites for hydroxylation is 1. The van der Waals surface area contributed by atoms with Gasteiger partial charge in [0.15, 0.2) is 5.82 Å². The van der Waals surface area contributed by atoms with E-state index in [2.05, 4.69) is 20.6 Å². The summed E-state index contributed by atoms with van der Waals surface area (Å²) >= 11 is 0. The molecule has 0 bridgehead atoms. The zero-order valence-electron chi connectivity index (χ0n) is 16.8. The molecule has 2 N–H and O–H groups in total. The van der Waals surface area contributed by atoms with Crippen LogP contribution in [0, 0.1) is 0 Å². The molecule has 1 aromatic carbocycles. The van der Waals surface area contributed by atoms with Gasteiger partial charge in [0.05, 0.1) is 6.04 Å². The van der Waals surface area contributed by atoms with Crippen molar-refractivity contribution in [1.82, 2.24) is 25.5 Å². The van der Waals surface area contributed by atoms with Crippen LogP contribution < -0.4 is 0 Å². The van der Waals surface area contributed by atoms with E-state index in [4.69, 9.17) is 0 Å². The molecule has 0 radical (unpaired) electrons. The maximum absolute atomic E-state index is 14.4. The van der Waals surface area contributed by atoms with Crippen molar-refractivity contribution >= 4 is 5.91 Å². The van der Waals surface area contributed by atoms with Crippen molar-refractivity contribution in [3.05, 3.63) is 53.9 Å². The van der Waals surface area contributed by atoms with E-state index in [9.17, 15) is 18.7 Å². The Labute approximate surface area is 174 Å². The van der Waals surface area contributed by atoms with E-state index in [1.165, 1.54) is 24.3 Å². The summed E-state index contributed by atoms with van der Waals surface area (Å²) in [6.45, 7) is 0.585. The van der Waals surface area contributed by atoms with Crippen molar-refractivity contribution in [2.45, 2.75) is 63.0 Å². The summed E-state index contributed by atoms with van der Waals surface area (Å²) in [5, 5.41) is 23.8. The molecule has 0 aliphatic carbocycles. The van der Waals surface area contributed by atoms with E-state index in [0.717, 1.165) is 38.2 Å². The molecular formula is C21H27F2N5O2. The number of unbranched alkanes of at least 4 members (excludes halogenated alkanes) is 3. The molecule has 7 nitrogen and oxygen atoms in total. The number of carbonyl (C=O) groups excluding carboxylic acids is 1. The number of likely N-dealkylation sites (tertiary alicyclic amines) is 1. The third-order valence-corrected chi connectivity index (χ3v) is 5.36. The van der Waals surface area contributed by atoms with Crippen molar-refractivity contribution in [1.29, 1.82) is 0 Å². The Kier molecular flexibility index (Phi) is 7.62. The zero-order chi connectivity index (χ0) is 21.4. The molecule has 1 aliphatic heterocycles. The first-order valence-corrected chi connectivity index (χ1v) is 10.3. The van der Waals surface area contributed by atoms with Gasteiger partial charge in [0.1, 0.15) is 6.10 Å². The molecule has 0 spiro atoms. The van der Waals surface area contributed by atoms with Crippen LogP contribution >= 0.6 is 0 Å². The van der Waals surface area contributed by atoms with Crippen LogP contribution in [0.3, 0.4) is 0 Å². The van der Waals surface area contributed by atoms with Gasteiger partial charge in [-0.1, -0.05) is 60.5 Å². The van der Waals surface area contributed by atoms with Gasteiger partial charge in [0, 0.05) is 24.9 Å². The Morgan fingerprint density at radius 2 is 2.00 bits per heavy atom. The van der Waals surface area contributed by atoms with Gasteiger partial charge in [-0.25, -0.2) is 0 Å². The van der Waals surface area contributed by atoms with Gasteiger partial charge in [0.25, 0.3) is 0 Å². The maximum Gasteiger partial charge on any atom is 0.302 e. The molecule has 0 saturated carbocycles. The molecule has 9 heteroatoms. The normalized spacial score (nSPS) is 18.4. The van der Waals surface area contributed by atoms with Crippen molar-refractivity contribution in [3.8, 4) is 0 Å². The van der Waals surface area contributed by atoms with Crippen molar-refractivity contribution in [3.63, 3.8) is 0 Å². The summed E-state index contributed by atoms with van der Waals surface area (Å²) < 4.78 is 28.8. The Bertz CT molecular complexity index is 814. The monoisotopic (exact) mass is 419 g/mol. The average molecular weight is 419 g/mol. The molecule has 1 saturated heterocycles. The fourth-order valence-electron chi connectivity index (χ4n) is 3.64. The van der Waals surface area contributed by atoms with Crippen LogP contribution in [0.2, 0.25) is 0 Å². The minimum Gasteiger partial charge on any atom is -0.382 e. The van der Waals surface area contributed by atoms with Crippen LogP contribution in [0.5, 0.6) is 0 Å². The molecule has 162 valence electrons. The smallest absolute Gasteiger partial charge is 0.302 e. The highest BCUT2D eigenvalue weighted by atomic mass is 19.3. The predicted molar refractivity (Wildman–Crippen MR) is 107 cm³/mol. The summed E-state index contributed by atoms with van der Waals surface area (Å²) in [5.74, 6) is -2.66. The van der Waals surface area contributed by atoms with Gasteiger partial charge in [-0.3, -0.25) is 4.79 Å². The highest BCUT2D eigenvalue weighted by Gasteiger charge is 2.39. The first-order valence-electron chi connectivity index (χ1n) is 10.3. The lowest BCUT2D eigenvalue weighted by Crippen LogP contribution is -2.34. The molecule has 30 heavy (non-hydrogen) atoms. The Hall–Kier alpha value is -2.68. The number of carbonyl (C=O) groups is 1. The van der Waals surface area contributed by atoms with E-state index < -0.39 is 12.0 Å². The first kappa shape index (κ1) is 22.0. The SMILES string of the molecule is O=C1CCC(C=C[C@@H](O)C(F)(F)c2ccccc2)N1CCCCCCc1nn[nH]n1. The number of H-pyrrole nitrogens is 1. The number of alkyl halides is 2. The van der Waals surface area contributed by atoms with Crippen LogP contribution in [0.15, 0.2) is 42.5 Å². The van der Waals surface area contributed by atoms with E-state index in [1.807, 2.05) is 0 Å². The van der Waals surface area contributed by atoms with Crippen molar-refractivity contribution in [2.75, 3.05) is 6.54 Å². The second-order valence-electron chi connectivity index (χ2n) is 7.50. The number of nitrogens with one attached hydrogen (secondary N) is 1. The average Bonchev–Trinajstić information content (AvgIpc) is 3.39. The molecule has 1 unspecified atom stereocenters. The summed E-state index contributed by atoms with van der Waals surface area (Å²) in [5.41, 5.74) is -0.234. The molecule has 1 fully saturated rings. The van der Waals surface area contributed by atoms with Gasteiger partial charge >= 0.3 is 5.92 Å². The standard InChI is InChI=1S/C21H27F2N5O2/c22-21(23,16-8-4-3-5-9-16)18(29)13-11-17-12-14-20(30)28(17)15-7-2-1-6-10-19-24-26-27-25-19/h3-5,8-9,11,13,17-18,29H,1-2,6-7,10,12,14-15H2,(H,24,25,26,27)/t17?,18-/m1/s1. The number of aliphatic hydroxyl groups excluding tert-OH is 1. The Morgan fingerprint density at radius 1 is 1.23 bits per heavy atom. The highest BCUT2D eigenvalue weighted by Crippen LogP contribution is 2.32. The fraction of sp³-hybridized carbons (Fsp3) is 0.524. The number of halogens is 2. The molecule has 3 rings (SSSR count). The van der Waals surface area contributed by atoms with Gasteiger partial charge in [-0.15, -0.1) is 10.2 Å². The fourth-order valence-corrected chi connectivity index (χ4v) is 3.64. The molecular weight excluding hydrogens is 392 g/mol. The van der Waals surface area contributed by atoms with E-state index in [1.54, 1.807) is 17.0 Å². The molecule has 2 atom stereocenters. The molecule has 2 heterocycles. The summed E-state index contributed by atoms with van der Waals surface area (Å²) in [6.07, 6.45) is 6.18. The van der Waals surface area contributed by atoms with E-state index in [0.29, 0.717) is 25.2 Å². The number of aromatic nitrogens is 4. The van der Waals surface area contributed by atoms with Gasteiger partial charge in [-0.05, 0) is 19.3 Å². The van der Waals surface area contributed by atoms with Crippen LogP contribution in [0.4, 0.5) is 8.78 Å². The largest absolute Gasteiger partial charge is 0.382 e. The number of hydrogen-bond donors (Lipinski definition) is 2. The van der Waals surface area contributed by atoms with Crippen LogP contribution in [0.25, 0.3) is 0 Å². The Morgan fingerprint density at radius 3 is 2.73 bits per heavy atom. The minimum absolute atomic E-state index is 0.0285. The number of amides is 1. The number of aliphatic hydroxyl groups is 1. The summed E-state index contributed by atoms with van der Waals surface area (Å²) in [6, 6.07) is 7.01. The van der Waals surface area contributed by atoms with Gasteiger partial charge in [-0.2, -0.15) is 14.0 Å². The van der Waals surface area contributed by atoms with Crippen LogP contribution in [-0.2, 0) is 17.1 Å².